The molecule has 1 rings (SSSR count). The first-order valence-corrected chi connectivity index (χ1v) is 7.27. The van der Waals surface area contributed by atoms with Gasteiger partial charge < -0.3 is 11.1 Å². The number of nitrogens with two attached hydrogens (primary N) is 1. The van der Waals surface area contributed by atoms with Gasteiger partial charge in [0.15, 0.2) is 0 Å². The van der Waals surface area contributed by atoms with Gasteiger partial charge in [-0.15, -0.1) is 11.3 Å². The maximum absolute atomic E-state index is 11.6. The van der Waals surface area contributed by atoms with Gasteiger partial charge in [0.2, 0.25) is 5.91 Å². The predicted octanol–water partition coefficient (Wildman–Crippen LogP) is 2.03. The quantitative estimate of drug-likeness (QED) is 0.774. The van der Waals surface area contributed by atoms with Gasteiger partial charge in [-0.25, -0.2) is 0 Å². The summed E-state index contributed by atoms with van der Waals surface area (Å²) in [5, 5.41) is 13.9. The highest BCUT2D eigenvalue weighted by Gasteiger charge is 2.07. The van der Waals surface area contributed by atoms with Gasteiger partial charge in [0, 0.05) is 24.0 Å². The fraction of sp³-hybridized carbons (Fsp3) is 0.455. The summed E-state index contributed by atoms with van der Waals surface area (Å²) in [5.74, 6) is 1.55. The van der Waals surface area contributed by atoms with Crippen molar-refractivity contribution in [3.8, 4) is 6.07 Å². The number of thioether (sulfide) groups is 1. The lowest BCUT2D eigenvalue weighted by molar-refractivity contribution is -0.115. The van der Waals surface area contributed by atoms with Crippen LogP contribution in [0.3, 0.4) is 0 Å². The lowest BCUT2D eigenvalue weighted by Gasteiger charge is -2.05. The van der Waals surface area contributed by atoms with E-state index in [-0.39, 0.29) is 11.9 Å². The number of carbonyl (C=O) groups is 1. The third-order valence-corrected chi connectivity index (χ3v) is 3.98. The van der Waals surface area contributed by atoms with Crippen molar-refractivity contribution in [2.45, 2.75) is 19.4 Å². The van der Waals surface area contributed by atoms with Gasteiger partial charge in [0.05, 0.1) is 5.56 Å². The molecular formula is C11H15N3OS2. The van der Waals surface area contributed by atoms with Gasteiger partial charge in [0.25, 0.3) is 0 Å². The first kappa shape index (κ1) is 14.0. The van der Waals surface area contributed by atoms with Crippen LogP contribution in [0, 0.1) is 11.3 Å². The van der Waals surface area contributed by atoms with Crippen molar-refractivity contribution in [3.63, 3.8) is 0 Å². The van der Waals surface area contributed by atoms with E-state index < -0.39 is 0 Å². The number of thiophene rings is 1. The molecule has 0 aliphatic carbocycles. The van der Waals surface area contributed by atoms with E-state index in [1.54, 1.807) is 23.2 Å². The Morgan fingerprint density at radius 3 is 3.18 bits per heavy atom. The topological polar surface area (TPSA) is 78.9 Å². The van der Waals surface area contributed by atoms with Crippen molar-refractivity contribution < 1.29 is 4.79 Å². The van der Waals surface area contributed by atoms with E-state index in [1.807, 2.05) is 13.0 Å². The number of nitriles is 1. The second-order valence-corrected chi connectivity index (χ2v) is 5.69. The molecule has 0 bridgehead atoms. The highest BCUT2D eigenvalue weighted by molar-refractivity contribution is 7.99. The Kier molecular flexibility index (Phi) is 6.05. The average molecular weight is 269 g/mol. The minimum atomic E-state index is -0.0545. The van der Waals surface area contributed by atoms with Gasteiger partial charge in [-0.3, -0.25) is 4.79 Å². The van der Waals surface area contributed by atoms with Crippen LogP contribution in [0.1, 0.15) is 18.9 Å². The molecule has 1 aromatic heterocycles. The molecule has 4 nitrogen and oxygen atoms in total. The molecule has 1 atom stereocenters. The molecule has 0 radical (unpaired) electrons. The first-order valence-electron chi connectivity index (χ1n) is 5.24. The molecule has 0 saturated heterocycles. The lowest BCUT2D eigenvalue weighted by atomic mass is 10.3. The minimum Gasteiger partial charge on any atom is -0.327 e. The second-order valence-electron chi connectivity index (χ2n) is 3.63. The molecule has 0 aliphatic rings. The summed E-state index contributed by atoms with van der Waals surface area (Å²) in [6, 6.07) is 3.89. The molecule has 0 saturated carbocycles. The van der Waals surface area contributed by atoms with E-state index in [1.165, 1.54) is 11.3 Å². The minimum absolute atomic E-state index is 0.0545. The van der Waals surface area contributed by atoms with Crippen molar-refractivity contribution in [2.24, 2.45) is 5.73 Å². The zero-order chi connectivity index (χ0) is 12.7. The highest BCUT2D eigenvalue weighted by atomic mass is 32.2. The molecule has 92 valence electrons. The zero-order valence-electron chi connectivity index (χ0n) is 9.60. The molecule has 1 aromatic rings. The number of hydrogen-bond acceptors (Lipinski definition) is 5. The number of nitrogens with one attached hydrogen (secondary N) is 1. The zero-order valence-corrected chi connectivity index (χ0v) is 11.2. The van der Waals surface area contributed by atoms with E-state index in [2.05, 4.69) is 5.32 Å². The normalized spacial score (nSPS) is 11.8. The molecular weight excluding hydrogens is 254 g/mol. The molecule has 0 aliphatic heterocycles. The van der Waals surface area contributed by atoms with Gasteiger partial charge in [0.1, 0.15) is 11.1 Å². The number of anilines is 1. The second kappa shape index (κ2) is 7.33. The Morgan fingerprint density at radius 1 is 1.76 bits per heavy atom. The average Bonchev–Trinajstić information content (AvgIpc) is 2.71. The molecule has 0 fully saturated rings. The summed E-state index contributed by atoms with van der Waals surface area (Å²) in [7, 11) is 0. The Hall–Kier alpha value is -1.03. The van der Waals surface area contributed by atoms with E-state index in [0.29, 0.717) is 17.0 Å². The Morgan fingerprint density at radius 2 is 2.53 bits per heavy atom. The fourth-order valence-electron chi connectivity index (χ4n) is 1.12. The Bertz CT molecular complexity index is 409. The molecule has 0 spiro atoms. The van der Waals surface area contributed by atoms with Crippen molar-refractivity contribution in [2.75, 3.05) is 16.8 Å². The van der Waals surface area contributed by atoms with Crippen LogP contribution in [-0.4, -0.2) is 23.5 Å². The van der Waals surface area contributed by atoms with Crippen LogP contribution in [0.15, 0.2) is 11.4 Å². The van der Waals surface area contributed by atoms with E-state index in [0.717, 1.165) is 11.5 Å². The van der Waals surface area contributed by atoms with Crippen LogP contribution >= 0.6 is 23.1 Å². The lowest BCUT2D eigenvalue weighted by Crippen LogP contribution is -2.18. The molecule has 17 heavy (non-hydrogen) atoms. The van der Waals surface area contributed by atoms with Gasteiger partial charge >= 0.3 is 0 Å². The van der Waals surface area contributed by atoms with Crippen LogP contribution < -0.4 is 11.1 Å². The van der Waals surface area contributed by atoms with Crippen LogP contribution in [-0.2, 0) is 4.79 Å². The third kappa shape index (κ3) is 5.22. The largest absolute Gasteiger partial charge is 0.327 e. The van der Waals surface area contributed by atoms with E-state index in [9.17, 15) is 4.79 Å². The number of rotatable bonds is 6. The molecule has 1 amide bonds. The van der Waals surface area contributed by atoms with Crippen LogP contribution in [0.5, 0.6) is 0 Å². The maximum Gasteiger partial charge on any atom is 0.225 e. The number of nitrogens with zero attached hydrogens (tertiary/aromatic N) is 1. The molecule has 0 aromatic carbocycles. The molecule has 3 N–H and O–H groups in total. The summed E-state index contributed by atoms with van der Waals surface area (Å²) in [4.78, 5) is 11.6. The smallest absolute Gasteiger partial charge is 0.225 e. The van der Waals surface area contributed by atoms with Crippen molar-refractivity contribution >= 4 is 34.0 Å². The van der Waals surface area contributed by atoms with Crippen molar-refractivity contribution in [3.05, 3.63) is 17.0 Å². The van der Waals surface area contributed by atoms with E-state index in [4.69, 9.17) is 11.0 Å². The standard InChI is InChI=1S/C11H15N3OS2/c1-8(13)7-16-4-3-10(15)14-11-9(6-12)2-5-17-11/h2,5,8H,3-4,7,13H2,1H3,(H,14,15). The number of amides is 1. The van der Waals surface area contributed by atoms with Crippen LogP contribution in [0.4, 0.5) is 5.00 Å². The van der Waals surface area contributed by atoms with Gasteiger partial charge in [-0.1, -0.05) is 0 Å². The summed E-state index contributed by atoms with van der Waals surface area (Å²) < 4.78 is 0. The Balaban J connectivity index is 2.28. The third-order valence-electron chi connectivity index (χ3n) is 1.89. The van der Waals surface area contributed by atoms with Crippen molar-refractivity contribution in [1.29, 1.82) is 5.26 Å². The van der Waals surface area contributed by atoms with Crippen LogP contribution in [0.25, 0.3) is 0 Å². The Labute approximate surface area is 109 Å². The predicted molar refractivity (Wildman–Crippen MR) is 73.3 cm³/mol. The fourth-order valence-corrected chi connectivity index (χ4v) is 2.74. The van der Waals surface area contributed by atoms with Crippen LogP contribution in [0.2, 0.25) is 0 Å². The van der Waals surface area contributed by atoms with E-state index >= 15 is 0 Å². The maximum atomic E-state index is 11.6. The summed E-state index contributed by atoms with van der Waals surface area (Å²) >= 11 is 3.03. The van der Waals surface area contributed by atoms with Gasteiger partial charge in [-0.05, 0) is 18.4 Å². The summed E-state index contributed by atoms with van der Waals surface area (Å²) in [6.07, 6.45) is 0.445. The summed E-state index contributed by atoms with van der Waals surface area (Å²) in [6.45, 7) is 1.94. The number of hydrogen-bond donors (Lipinski definition) is 2. The first-order chi connectivity index (χ1) is 8.13. The molecule has 1 unspecified atom stereocenters. The monoisotopic (exact) mass is 269 g/mol. The van der Waals surface area contributed by atoms with Gasteiger partial charge in [-0.2, -0.15) is 17.0 Å². The molecule has 1 heterocycles. The highest BCUT2D eigenvalue weighted by Crippen LogP contribution is 2.22. The molecule has 6 heteroatoms. The summed E-state index contributed by atoms with van der Waals surface area (Å²) in [5.41, 5.74) is 6.12. The number of carbonyl (C=O) groups excluding carboxylic acids is 1. The van der Waals surface area contributed by atoms with Crippen molar-refractivity contribution in [1.82, 2.24) is 0 Å². The SMILES string of the molecule is CC(N)CSCCC(=O)Nc1sccc1C#N.